The van der Waals surface area contributed by atoms with E-state index < -0.39 is 5.97 Å². The summed E-state index contributed by atoms with van der Waals surface area (Å²) in [4.78, 5) is 12.7. The normalized spacial score (nSPS) is 10.6. The second-order valence-corrected chi connectivity index (χ2v) is 5.53. The first kappa shape index (κ1) is 15.4. The van der Waals surface area contributed by atoms with E-state index in [1.54, 1.807) is 11.3 Å². The van der Waals surface area contributed by atoms with Crippen molar-refractivity contribution in [3.63, 3.8) is 0 Å². The summed E-state index contributed by atoms with van der Waals surface area (Å²) in [7, 11) is 0. The lowest BCUT2D eigenvalue weighted by atomic mass is 10.0. The number of aromatic carboxylic acids is 1. The zero-order valence-corrected chi connectivity index (χ0v) is 12.9. The van der Waals surface area contributed by atoms with Crippen LogP contribution in [0.5, 0.6) is 5.88 Å². The van der Waals surface area contributed by atoms with Gasteiger partial charge in [0.15, 0.2) is 0 Å². The fourth-order valence-corrected chi connectivity index (χ4v) is 2.87. The minimum atomic E-state index is -1.01. The molecule has 0 fully saturated rings. The smallest absolute Gasteiger partial charge is 0.341 e. The topological polar surface area (TPSA) is 72.3 Å². The number of carboxylic acid groups (broad SMARTS) is 1. The quantitative estimate of drug-likeness (QED) is 0.851. The minimum absolute atomic E-state index is 0.119. The zero-order chi connectivity index (χ0) is 15.2. The molecule has 0 radical (unpaired) electrons. The molecule has 5 nitrogen and oxygen atoms in total. The molecule has 112 valence electrons. The minimum Gasteiger partial charge on any atom is -0.477 e. The monoisotopic (exact) mass is 306 g/mol. The Kier molecular flexibility index (Phi) is 5.27. The molecule has 6 heteroatoms. The Morgan fingerprint density at radius 3 is 2.71 bits per heavy atom. The predicted molar refractivity (Wildman–Crippen MR) is 81.3 cm³/mol. The predicted octanol–water partition coefficient (Wildman–Crippen LogP) is 2.98. The van der Waals surface area contributed by atoms with Crippen LogP contribution in [0.4, 0.5) is 0 Å². The van der Waals surface area contributed by atoms with Crippen LogP contribution < -0.4 is 4.74 Å². The Balaban J connectivity index is 2.20. The second kappa shape index (κ2) is 7.17. The number of carbonyl (C=O) groups is 1. The molecule has 2 heterocycles. The van der Waals surface area contributed by atoms with Gasteiger partial charge in [-0.15, -0.1) is 16.4 Å². The third-order valence-corrected chi connectivity index (χ3v) is 4.13. The standard InChI is InChI=1S/C15H18N2O3S/c1-3-11-12(4-2)16-17-14(13(11)15(18)19)20-8-7-10-6-5-9-21-10/h5-6,9H,3-4,7-8H2,1-2H3,(H,18,19). The Bertz CT molecular complexity index is 612. The first-order chi connectivity index (χ1) is 10.2. The van der Waals surface area contributed by atoms with E-state index in [0.29, 0.717) is 25.0 Å². The number of thiophene rings is 1. The number of rotatable bonds is 7. The molecule has 0 amide bonds. The molecule has 0 saturated heterocycles. The molecule has 0 aliphatic heterocycles. The lowest BCUT2D eigenvalue weighted by molar-refractivity contribution is 0.0689. The van der Waals surface area contributed by atoms with Crippen LogP contribution >= 0.6 is 11.3 Å². The highest BCUT2D eigenvalue weighted by molar-refractivity contribution is 7.09. The van der Waals surface area contributed by atoms with Gasteiger partial charge in [0.25, 0.3) is 0 Å². The first-order valence-electron chi connectivity index (χ1n) is 6.94. The average Bonchev–Trinajstić information content (AvgIpc) is 2.99. The van der Waals surface area contributed by atoms with E-state index in [9.17, 15) is 9.90 Å². The molecular weight excluding hydrogens is 288 g/mol. The summed E-state index contributed by atoms with van der Waals surface area (Å²) in [6.45, 7) is 4.24. The van der Waals surface area contributed by atoms with Gasteiger partial charge in [-0.2, -0.15) is 5.10 Å². The number of hydrogen-bond acceptors (Lipinski definition) is 5. The summed E-state index contributed by atoms with van der Waals surface area (Å²) in [6.07, 6.45) is 1.99. The van der Waals surface area contributed by atoms with Gasteiger partial charge < -0.3 is 9.84 Å². The number of nitrogens with zero attached hydrogens (tertiary/aromatic N) is 2. The highest BCUT2D eigenvalue weighted by atomic mass is 32.1. The summed E-state index contributed by atoms with van der Waals surface area (Å²) in [5, 5.41) is 19.5. The van der Waals surface area contributed by atoms with E-state index in [2.05, 4.69) is 10.2 Å². The molecule has 2 rings (SSSR count). The third-order valence-electron chi connectivity index (χ3n) is 3.20. The van der Waals surface area contributed by atoms with Crippen molar-refractivity contribution in [2.75, 3.05) is 6.61 Å². The van der Waals surface area contributed by atoms with Gasteiger partial charge in [-0.3, -0.25) is 0 Å². The van der Waals surface area contributed by atoms with Gasteiger partial charge in [-0.1, -0.05) is 19.9 Å². The van der Waals surface area contributed by atoms with Crippen molar-refractivity contribution < 1.29 is 14.6 Å². The number of ether oxygens (including phenoxy) is 1. The molecule has 0 bridgehead atoms. The summed E-state index contributed by atoms with van der Waals surface area (Å²) in [5.41, 5.74) is 1.59. The van der Waals surface area contributed by atoms with E-state index in [0.717, 1.165) is 12.1 Å². The van der Waals surface area contributed by atoms with E-state index in [-0.39, 0.29) is 11.4 Å². The van der Waals surface area contributed by atoms with E-state index in [1.807, 2.05) is 31.4 Å². The van der Waals surface area contributed by atoms with E-state index >= 15 is 0 Å². The van der Waals surface area contributed by atoms with Crippen molar-refractivity contribution in [2.24, 2.45) is 0 Å². The number of carboxylic acids is 1. The van der Waals surface area contributed by atoms with E-state index in [1.165, 1.54) is 4.88 Å². The SMILES string of the molecule is CCc1nnc(OCCc2cccs2)c(C(=O)O)c1CC. The molecular formula is C15H18N2O3S. The van der Waals surface area contributed by atoms with Gasteiger partial charge in [0.05, 0.1) is 12.3 Å². The summed E-state index contributed by atoms with van der Waals surface area (Å²) >= 11 is 1.65. The van der Waals surface area contributed by atoms with Crippen LogP contribution in [0, 0.1) is 0 Å². The van der Waals surface area contributed by atoms with Crippen LogP contribution in [0.15, 0.2) is 17.5 Å². The maximum Gasteiger partial charge on any atom is 0.341 e. The number of hydrogen-bond donors (Lipinski definition) is 1. The van der Waals surface area contributed by atoms with Crippen molar-refractivity contribution in [1.29, 1.82) is 0 Å². The van der Waals surface area contributed by atoms with Crippen molar-refractivity contribution in [3.05, 3.63) is 39.2 Å². The van der Waals surface area contributed by atoms with Crippen LogP contribution in [0.25, 0.3) is 0 Å². The number of aromatic nitrogens is 2. The molecule has 21 heavy (non-hydrogen) atoms. The van der Waals surface area contributed by atoms with Gasteiger partial charge in [0.2, 0.25) is 5.88 Å². The summed E-state index contributed by atoms with van der Waals surface area (Å²) in [5.74, 6) is -0.893. The molecule has 0 atom stereocenters. The molecule has 0 saturated carbocycles. The van der Waals surface area contributed by atoms with Crippen LogP contribution in [-0.4, -0.2) is 27.9 Å². The van der Waals surface area contributed by atoms with Crippen LogP contribution in [0.1, 0.15) is 40.3 Å². The highest BCUT2D eigenvalue weighted by Gasteiger charge is 2.21. The van der Waals surface area contributed by atoms with E-state index in [4.69, 9.17) is 4.74 Å². The Labute approximate surface area is 127 Å². The van der Waals surface area contributed by atoms with Gasteiger partial charge in [-0.05, 0) is 29.9 Å². The average molecular weight is 306 g/mol. The molecule has 1 N–H and O–H groups in total. The van der Waals surface area contributed by atoms with Gasteiger partial charge >= 0.3 is 5.97 Å². The van der Waals surface area contributed by atoms with Crippen molar-refractivity contribution in [2.45, 2.75) is 33.1 Å². The Morgan fingerprint density at radius 2 is 2.14 bits per heavy atom. The Hall–Kier alpha value is -1.95. The van der Waals surface area contributed by atoms with Crippen molar-refractivity contribution >= 4 is 17.3 Å². The maximum absolute atomic E-state index is 11.5. The molecule has 0 spiro atoms. The van der Waals surface area contributed by atoms with Crippen LogP contribution in [0.3, 0.4) is 0 Å². The molecule has 0 aliphatic carbocycles. The largest absolute Gasteiger partial charge is 0.477 e. The maximum atomic E-state index is 11.5. The molecule has 0 aliphatic rings. The Morgan fingerprint density at radius 1 is 1.33 bits per heavy atom. The van der Waals surface area contributed by atoms with Crippen molar-refractivity contribution in [3.8, 4) is 5.88 Å². The zero-order valence-electron chi connectivity index (χ0n) is 12.1. The highest BCUT2D eigenvalue weighted by Crippen LogP contribution is 2.23. The van der Waals surface area contributed by atoms with Gasteiger partial charge in [-0.25, -0.2) is 4.79 Å². The molecule has 0 aromatic carbocycles. The third kappa shape index (κ3) is 3.58. The summed E-state index contributed by atoms with van der Waals surface area (Å²) in [6, 6.07) is 4.00. The molecule has 2 aromatic heterocycles. The van der Waals surface area contributed by atoms with Gasteiger partial charge in [0.1, 0.15) is 5.56 Å². The van der Waals surface area contributed by atoms with Crippen LogP contribution in [-0.2, 0) is 19.3 Å². The fourth-order valence-electron chi connectivity index (χ4n) is 2.18. The van der Waals surface area contributed by atoms with Gasteiger partial charge in [0, 0.05) is 11.3 Å². The second-order valence-electron chi connectivity index (χ2n) is 4.50. The lowest BCUT2D eigenvalue weighted by Crippen LogP contribution is -2.14. The fraction of sp³-hybridized carbons (Fsp3) is 0.400. The number of aryl methyl sites for hydroxylation is 1. The lowest BCUT2D eigenvalue weighted by Gasteiger charge is -2.12. The van der Waals surface area contributed by atoms with Crippen molar-refractivity contribution in [1.82, 2.24) is 10.2 Å². The molecule has 0 unspecified atom stereocenters. The molecule has 2 aromatic rings. The summed E-state index contributed by atoms with van der Waals surface area (Å²) < 4.78 is 5.57. The first-order valence-corrected chi connectivity index (χ1v) is 7.82. The van der Waals surface area contributed by atoms with Crippen LogP contribution in [0.2, 0.25) is 0 Å².